The minimum atomic E-state index is -0.832. The van der Waals surface area contributed by atoms with Gasteiger partial charge in [0, 0.05) is 19.4 Å². The second kappa shape index (κ2) is 6.87. The fourth-order valence-corrected chi connectivity index (χ4v) is 2.30. The lowest BCUT2D eigenvalue weighted by atomic mass is 10.1. The number of aromatic nitrogens is 4. The molecular weight excluding hydrogens is 315 g/mol. The van der Waals surface area contributed by atoms with Gasteiger partial charge >= 0.3 is 5.97 Å². The third kappa shape index (κ3) is 4.41. The molecule has 0 aliphatic carbocycles. The van der Waals surface area contributed by atoms with Crippen LogP contribution in [0.5, 0.6) is 0 Å². The predicted molar refractivity (Wildman–Crippen MR) is 78.5 cm³/mol. The Balaban J connectivity index is 2.09. The van der Waals surface area contributed by atoms with Gasteiger partial charge in [0.25, 0.3) is 0 Å². The largest absolute Gasteiger partial charge is 0.481 e. The number of carbonyl (C=O) groups is 1. The van der Waals surface area contributed by atoms with Gasteiger partial charge < -0.3 is 5.11 Å². The minimum Gasteiger partial charge on any atom is -0.481 e. The summed E-state index contributed by atoms with van der Waals surface area (Å²) in [6.45, 7) is 2.30. The molecule has 1 N–H and O–H groups in total. The summed E-state index contributed by atoms with van der Waals surface area (Å²) in [4.78, 5) is 10.7. The molecule has 0 amide bonds. The van der Waals surface area contributed by atoms with Crippen LogP contribution in [-0.2, 0) is 17.8 Å². The van der Waals surface area contributed by atoms with Crippen molar-refractivity contribution < 1.29 is 9.90 Å². The van der Waals surface area contributed by atoms with Gasteiger partial charge in [-0.2, -0.15) is 0 Å². The Hall–Kier alpha value is -1.66. The Morgan fingerprint density at radius 2 is 2.14 bits per heavy atom. The summed E-state index contributed by atoms with van der Waals surface area (Å²) in [6, 6.07) is 5.35. The molecule has 0 spiro atoms. The Morgan fingerprint density at radius 1 is 1.38 bits per heavy atom. The van der Waals surface area contributed by atoms with Crippen molar-refractivity contribution in [1.29, 1.82) is 0 Å². The van der Waals surface area contributed by atoms with Crippen molar-refractivity contribution in [1.82, 2.24) is 20.2 Å². The molecule has 0 fully saturated rings. The van der Waals surface area contributed by atoms with Gasteiger partial charge in [0.15, 0.2) is 5.82 Å². The molecule has 2 rings (SSSR count). The fraction of sp³-hybridized carbons (Fsp3) is 0.385. The first-order valence-corrected chi connectivity index (χ1v) is 7.12. The quantitative estimate of drug-likeness (QED) is 0.881. The third-order valence-electron chi connectivity index (χ3n) is 2.96. The number of carboxylic acids is 1. The van der Waals surface area contributed by atoms with E-state index in [1.165, 1.54) is 0 Å². The van der Waals surface area contributed by atoms with Crippen molar-refractivity contribution in [3.8, 4) is 0 Å². The average Bonchev–Trinajstić information content (AvgIpc) is 2.80. The summed E-state index contributed by atoms with van der Waals surface area (Å²) in [5.74, 6) is -0.231. The number of benzene rings is 1. The van der Waals surface area contributed by atoms with E-state index in [-0.39, 0.29) is 12.3 Å². The standard InChI is InChI=1S/C13H14Cl2N4O2/c1-8(4-13(20)21)7-19-12(16-17-18-19)6-9-2-3-10(14)11(15)5-9/h2-3,5,8H,4,6-7H2,1H3,(H,20,21). The molecule has 0 saturated heterocycles. The average molecular weight is 329 g/mol. The van der Waals surface area contributed by atoms with Gasteiger partial charge in [0.2, 0.25) is 0 Å². The Labute approximate surface area is 131 Å². The highest BCUT2D eigenvalue weighted by atomic mass is 35.5. The molecule has 1 unspecified atom stereocenters. The summed E-state index contributed by atoms with van der Waals surface area (Å²) >= 11 is 11.9. The Bertz CT molecular complexity index is 645. The highest BCUT2D eigenvalue weighted by Crippen LogP contribution is 2.23. The number of hydrogen-bond donors (Lipinski definition) is 1. The molecule has 1 aromatic heterocycles. The van der Waals surface area contributed by atoms with Crippen LogP contribution in [0.2, 0.25) is 10.0 Å². The summed E-state index contributed by atoms with van der Waals surface area (Å²) in [7, 11) is 0. The van der Waals surface area contributed by atoms with Crippen LogP contribution in [0.3, 0.4) is 0 Å². The number of hydrogen-bond acceptors (Lipinski definition) is 4. The zero-order valence-electron chi connectivity index (χ0n) is 11.3. The van der Waals surface area contributed by atoms with Gasteiger partial charge in [-0.15, -0.1) is 5.10 Å². The van der Waals surface area contributed by atoms with Crippen LogP contribution in [0, 0.1) is 5.92 Å². The maximum absolute atomic E-state index is 10.7. The fourth-order valence-electron chi connectivity index (χ4n) is 1.98. The molecule has 1 aromatic carbocycles. The van der Waals surface area contributed by atoms with E-state index in [0.29, 0.717) is 28.8 Å². The molecule has 0 bridgehead atoms. The van der Waals surface area contributed by atoms with E-state index in [4.69, 9.17) is 28.3 Å². The first kappa shape index (κ1) is 15.7. The summed E-state index contributed by atoms with van der Waals surface area (Å²) < 4.78 is 1.62. The van der Waals surface area contributed by atoms with Gasteiger partial charge in [0.1, 0.15) is 0 Å². The lowest BCUT2D eigenvalue weighted by Gasteiger charge is -2.10. The van der Waals surface area contributed by atoms with Gasteiger partial charge in [-0.25, -0.2) is 4.68 Å². The molecule has 21 heavy (non-hydrogen) atoms. The van der Waals surface area contributed by atoms with Crippen LogP contribution in [0.15, 0.2) is 18.2 Å². The van der Waals surface area contributed by atoms with E-state index < -0.39 is 5.97 Å². The molecule has 1 atom stereocenters. The zero-order chi connectivity index (χ0) is 15.4. The van der Waals surface area contributed by atoms with E-state index in [1.54, 1.807) is 16.8 Å². The van der Waals surface area contributed by atoms with Gasteiger partial charge in [-0.1, -0.05) is 36.2 Å². The van der Waals surface area contributed by atoms with Crippen LogP contribution in [-0.4, -0.2) is 31.3 Å². The van der Waals surface area contributed by atoms with Crippen LogP contribution in [0.25, 0.3) is 0 Å². The summed E-state index contributed by atoms with van der Waals surface area (Å²) in [5.41, 5.74) is 0.936. The highest BCUT2D eigenvalue weighted by molar-refractivity contribution is 6.42. The third-order valence-corrected chi connectivity index (χ3v) is 3.70. The molecule has 112 valence electrons. The van der Waals surface area contributed by atoms with E-state index in [0.717, 1.165) is 5.56 Å². The number of rotatable bonds is 6. The molecule has 0 radical (unpaired) electrons. The van der Waals surface area contributed by atoms with Crippen molar-refractivity contribution in [2.45, 2.75) is 26.3 Å². The van der Waals surface area contributed by atoms with Crippen molar-refractivity contribution >= 4 is 29.2 Å². The van der Waals surface area contributed by atoms with E-state index in [9.17, 15) is 4.79 Å². The molecule has 6 nitrogen and oxygen atoms in total. The maximum atomic E-state index is 10.7. The van der Waals surface area contributed by atoms with E-state index in [2.05, 4.69) is 15.5 Å². The normalized spacial score (nSPS) is 12.3. The molecule has 0 saturated carbocycles. The molecule has 0 aliphatic rings. The summed E-state index contributed by atoms with van der Waals surface area (Å²) in [5, 5.41) is 21.3. The molecule has 1 heterocycles. The topological polar surface area (TPSA) is 80.9 Å². The molecule has 2 aromatic rings. The number of nitrogens with zero attached hydrogens (tertiary/aromatic N) is 4. The highest BCUT2D eigenvalue weighted by Gasteiger charge is 2.13. The second-order valence-corrected chi connectivity index (χ2v) is 5.72. The molecule has 0 aliphatic heterocycles. The van der Waals surface area contributed by atoms with E-state index >= 15 is 0 Å². The van der Waals surface area contributed by atoms with Crippen LogP contribution < -0.4 is 0 Å². The van der Waals surface area contributed by atoms with Gasteiger partial charge in [-0.3, -0.25) is 4.79 Å². The van der Waals surface area contributed by atoms with Crippen LogP contribution >= 0.6 is 23.2 Å². The summed E-state index contributed by atoms with van der Waals surface area (Å²) in [6.07, 6.45) is 0.579. The van der Waals surface area contributed by atoms with Gasteiger partial charge in [0.05, 0.1) is 10.0 Å². The lowest BCUT2D eigenvalue weighted by Crippen LogP contribution is -2.15. The van der Waals surface area contributed by atoms with Crippen molar-refractivity contribution in [2.75, 3.05) is 0 Å². The minimum absolute atomic E-state index is 0.0569. The van der Waals surface area contributed by atoms with Crippen LogP contribution in [0.4, 0.5) is 0 Å². The maximum Gasteiger partial charge on any atom is 0.303 e. The smallest absolute Gasteiger partial charge is 0.303 e. The number of halogens is 2. The zero-order valence-corrected chi connectivity index (χ0v) is 12.8. The number of tetrazole rings is 1. The first-order valence-electron chi connectivity index (χ1n) is 6.36. The molecule has 8 heteroatoms. The van der Waals surface area contributed by atoms with E-state index in [1.807, 2.05) is 13.0 Å². The lowest BCUT2D eigenvalue weighted by molar-refractivity contribution is -0.138. The monoisotopic (exact) mass is 328 g/mol. The number of aliphatic carboxylic acids is 1. The predicted octanol–water partition coefficient (Wildman–Crippen LogP) is 2.68. The number of carboxylic acid groups (broad SMARTS) is 1. The Morgan fingerprint density at radius 3 is 2.81 bits per heavy atom. The van der Waals surface area contributed by atoms with Crippen LogP contribution in [0.1, 0.15) is 24.7 Å². The Kier molecular flexibility index (Phi) is 5.14. The van der Waals surface area contributed by atoms with Gasteiger partial charge in [-0.05, 0) is 34.0 Å². The van der Waals surface area contributed by atoms with Crippen molar-refractivity contribution in [2.24, 2.45) is 5.92 Å². The SMILES string of the molecule is CC(CC(=O)O)Cn1nnnc1Cc1ccc(Cl)c(Cl)c1. The van der Waals surface area contributed by atoms with Crippen molar-refractivity contribution in [3.05, 3.63) is 39.6 Å². The second-order valence-electron chi connectivity index (χ2n) is 4.91. The van der Waals surface area contributed by atoms with Crippen molar-refractivity contribution in [3.63, 3.8) is 0 Å². The molecular formula is C13H14Cl2N4O2. The first-order chi connectivity index (χ1) is 9.95.